The molecule has 0 radical (unpaired) electrons. The molecule has 2 aliphatic heterocycles. The Morgan fingerprint density at radius 1 is 1.14 bits per heavy atom. The van der Waals surface area contributed by atoms with Gasteiger partial charge in [0, 0.05) is 38.8 Å². The number of halogens is 1. The van der Waals surface area contributed by atoms with E-state index in [1.54, 1.807) is 18.2 Å². The number of amides is 1. The summed E-state index contributed by atoms with van der Waals surface area (Å²) in [5, 5.41) is 0.493. The highest BCUT2D eigenvalue weighted by molar-refractivity contribution is 6.32. The minimum atomic E-state index is 0.0179. The summed E-state index contributed by atoms with van der Waals surface area (Å²) in [6, 6.07) is 12.1. The molecule has 1 saturated heterocycles. The standard InChI is InChI=1S/C22H23ClN2O3/c1-16-4-2-3-5-18(16)14-24-8-10-25(11-9-24)21(26)7-6-17-12-19(23)22-20(13-17)27-15-28-22/h2-7,12-13H,8-11,14-15H2,1H3/b7-6+. The molecule has 0 N–H and O–H groups in total. The number of ether oxygens (including phenoxy) is 2. The van der Waals surface area contributed by atoms with Gasteiger partial charge in [0.15, 0.2) is 11.5 Å². The van der Waals surface area contributed by atoms with Gasteiger partial charge < -0.3 is 14.4 Å². The molecule has 0 saturated carbocycles. The van der Waals surface area contributed by atoms with E-state index in [0.29, 0.717) is 16.5 Å². The lowest BCUT2D eigenvalue weighted by atomic mass is 10.1. The maximum Gasteiger partial charge on any atom is 0.246 e. The van der Waals surface area contributed by atoms with Crippen molar-refractivity contribution >= 4 is 23.6 Å². The Kier molecular flexibility index (Phi) is 5.55. The van der Waals surface area contributed by atoms with Crippen molar-refractivity contribution in [3.8, 4) is 11.5 Å². The maximum atomic E-state index is 12.5. The van der Waals surface area contributed by atoms with Gasteiger partial charge in [-0.25, -0.2) is 0 Å². The average Bonchev–Trinajstić information content (AvgIpc) is 3.18. The molecule has 5 nitrogen and oxygen atoms in total. The minimum absolute atomic E-state index is 0.0179. The molecule has 2 aromatic rings. The normalized spacial score (nSPS) is 16.7. The zero-order valence-corrected chi connectivity index (χ0v) is 16.6. The van der Waals surface area contributed by atoms with Gasteiger partial charge in [0.2, 0.25) is 12.7 Å². The fourth-order valence-electron chi connectivity index (χ4n) is 3.51. The van der Waals surface area contributed by atoms with Gasteiger partial charge in [-0.3, -0.25) is 9.69 Å². The summed E-state index contributed by atoms with van der Waals surface area (Å²) in [7, 11) is 0. The molecule has 28 heavy (non-hydrogen) atoms. The zero-order chi connectivity index (χ0) is 19.5. The lowest BCUT2D eigenvalue weighted by Crippen LogP contribution is -2.47. The molecule has 0 aliphatic carbocycles. The first kappa shape index (κ1) is 18.8. The Morgan fingerprint density at radius 3 is 2.71 bits per heavy atom. The van der Waals surface area contributed by atoms with E-state index in [4.69, 9.17) is 21.1 Å². The third-order valence-electron chi connectivity index (χ3n) is 5.21. The zero-order valence-electron chi connectivity index (χ0n) is 15.9. The molecule has 0 atom stereocenters. The van der Waals surface area contributed by atoms with Gasteiger partial charge in [-0.1, -0.05) is 35.9 Å². The van der Waals surface area contributed by atoms with Crippen molar-refractivity contribution in [2.75, 3.05) is 33.0 Å². The molecular weight excluding hydrogens is 376 g/mol. The van der Waals surface area contributed by atoms with Crippen molar-refractivity contribution in [3.63, 3.8) is 0 Å². The second-order valence-corrected chi connectivity index (χ2v) is 7.50. The van der Waals surface area contributed by atoms with Gasteiger partial charge in [-0.2, -0.15) is 0 Å². The largest absolute Gasteiger partial charge is 0.454 e. The fraction of sp³-hybridized carbons (Fsp3) is 0.318. The Bertz CT molecular complexity index is 905. The van der Waals surface area contributed by atoms with E-state index >= 15 is 0 Å². The summed E-state index contributed by atoms with van der Waals surface area (Å²) in [5.41, 5.74) is 3.48. The lowest BCUT2D eigenvalue weighted by molar-refractivity contribution is -0.127. The number of piperazine rings is 1. The van der Waals surface area contributed by atoms with Crippen LogP contribution in [0.25, 0.3) is 6.08 Å². The van der Waals surface area contributed by atoms with Crippen LogP contribution in [-0.4, -0.2) is 48.7 Å². The highest BCUT2D eigenvalue weighted by Gasteiger charge is 2.21. The molecule has 2 aliphatic rings. The highest BCUT2D eigenvalue weighted by Crippen LogP contribution is 2.40. The molecule has 6 heteroatoms. The molecule has 1 fully saturated rings. The second kappa shape index (κ2) is 8.25. The van der Waals surface area contributed by atoms with Crippen molar-refractivity contribution in [2.24, 2.45) is 0 Å². The number of rotatable bonds is 4. The van der Waals surface area contributed by atoms with E-state index in [1.807, 2.05) is 11.0 Å². The van der Waals surface area contributed by atoms with Gasteiger partial charge in [0.05, 0.1) is 5.02 Å². The lowest BCUT2D eigenvalue weighted by Gasteiger charge is -2.34. The Hall–Kier alpha value is -2.50. The van der Waals surface area contributed by atoms with Gasteiger partial charge in [0.1, 0.15) is 0 Å². The van der Waals surface area contributed by atoms with Crippen LogP contribution in [-0.2, 0) is 11.3 Å². The van der Waals surface area contributed by atoms with E-state index in [1.165, 1.54) is 11.1 Å². The number of nitrogens with zero attached hydrogens (tertiary/aromatic N) is 2. The first-order valence-electron chi connectivity index (χ1n) is 9.43. The summed E-state index contributed by atoms with van der Waals surface area (Å²) in [4.78, 5) is 16.8. The van der Waals surface area contributed by atoms with E-state index < -0.39 is 0 Å². The fourth-order valence-corrected chi connectivity index (χ4v) is 3.78. The molecular formula is C22H23ClN2O3. The van der Waals surface area contributed by atoms with Gasteiger partial charge in [-0.05, 0) is 41.8 Å². The topological polar surface area (TPSA) is 42.0 Å². The summed E-state index contributed by atoms with van der Waals surface area (Å²) in [6.07, 6.45) is 3.38. The molecule has 0 spiro atoms. The number of carbonyl (C=O) groups excluding carboxylic acids is 1. The van der Waals surface area contributed by atoms with Crippen molar-refractivity contribution < 1.29 is 14.3 Å². The number of aryl methyl sites for hydroxylation is 1. The summed E-state index contributed by atoms with van der Waals surface area (Å²) < 4.78 is 10.7. The third-order valence-corrected chi connectivity index (χ3v) is 5.49. The monoisotopic (exact) mass is 398 g/mol. The first-order chi connectivity index (χ1) is 13.6. The van der Waals surface area contributed by atoms with Crippen LogP contribution in [0.1, 0.15) is 16.7 Å². The van der Waals surface area contributed by atoms with E-state index in [2.05, 4.69) is 36.1 Å². The quantitative estimate of drug-likeness (QED) is 0.736. The molecule has 4 rings (SSSR count). The molecule has 146 valence electrons. The van der Waals surface area contributed by atoms with Crippen molar-refractivity contribution in [1.82, 2.24) is 9.80 Å². The maximum absolute atomic E-state index is 12.5. The predicted molar refractivity (Wildman–Crippen MR) is 110 cm³/mol. The van der Waals surface area contributed by atoms with Crippen LogP contribution in [0, 0.1) is 6.92 Å². The summed E-state index contributed by atoms with van der Waals surface area (Å²) >= 11 is 6.19. The second-order valence-electron chi connectivity index (χ2n) is 7.10. The van der Waals surface area contributed by atoms with E-state index in [9.17, 15) is 4.79 Å². The molecule has 0 bridgehead atoms. The number of fused-ring (bicyclic) bond motifs is 1. The Balaban J connectivity index is 1.32. The minimum Gasteiger partial charge on any atom is -0.454 e. The van der Waals surface area contributed by atoms with Crippen LogP contribution < -0.4 is 9.47 Å². The number of carbonyl (C=O) groups is 1. The van der Waals surface area contributed by atoms with E-state index in [0.717, 1.165) is 38.3 Å². The molecule has 2 aromatic carbocycles. The van der Waals surface area contributed by atoms with Gasteiger partial charge in [0.25, 0.3) is 0 Å². The predicted octanol–water partition coefficient (Wildman–Crippen LogP) is 3.73. The number of hydrogen-bond donors (Lipinski definition) is 0. The van der Waals surface area contributed by atoms with Crippen LogP contribution in [0.5, 0.6) is 11.5 Å². The molecule has 0 aromatic heterocycles. The SMILES string of the molecule is Cc1ccccc1CN1CCN(C(=O)/C=C/c2cc(Cl)c3c(c2)OCO3)CC1. The van der Waals surface area contributed by atoms with Gasteiger partial charge in [-0.15, -0.1) is 0 Å². The summed E-state index contributed by atoms with van der Waals surface area (Å²) in [6.45, 7) is 6.47. The first-order valence-corrected chi connectivity index (χ1v) is 9.81. The Morgan fingerprint density at radius 2 is 1.93 bits per heavy atom. The van der Waals surface area contributed by atoms with Crippen LogP contribution in [0.3, 0.4) is 0 Å². The van der Waals surface area contributed by atoms with Crippen LogP contribution >= 0.6 is 11.6 Å². The average molecular weight is 399 g/mol. The van der Waals surface area contributed by atoms with Crippen molar-refractivity contribution in [1.29, 1.82) is 0 Å². The van der Waals surface area contributed by atoms with E-state index in [-0.39, 0.29) is 12.7 Å². The Labute approximate surface area is 170 Å². The van der Waals surface area contributed by atoms with Gasteiger partial charge >= 0.3 is 0 Å². The van der Waals surface area contributed by atoms with Crippen molar-refractivity contribution in [2.45, 2.75) is 13.5 Å². The van der Waals surface area contributed by atoms with Crippen LogP contribution in [0.4, 0.5) is 0 Å². The van der Waals surface area contributed by atoms with Crippen LogP contribution in [0.15, 0.2) is 42.5 Å². The number of benzene rings is 2. The molecule has 2 heterocycles. The summed E-state index contributed by atoms with van der Waals surface area (Å²) in [5.74, 6) is 1.20. The molecule has 0 unspecified atom stereocenters. The molecule has 1 amide bonds. The third kappa shape index (κ3) is 4.16. The van der Waals surface area contributed by atoms with Crippen molar-refractivity contribution in [3.05, 3.63) is 64.2 Å². The number of hydrogen-bond acceptors (Lipinski definition) is 4. The smallest absolute Gasteiger partial charge is 0.246 e. The van der Waals surface area contributed by atoms with Crippen LogP contribution in [0.2, 0.25) is 5.02 Å². The highest BCUT2D eigenvalue weighted by atomic mass is 35.5.